The molecular weight excluding hydrogens is 258 g/mol. The molecule has 0 aromatic rings. The topological polar surface area (TPSA) is 70.7 Å². The van der Waals surface area contributed by atoms with Crippen molar-refractivity contribution >= 4 is 11.8 Å². The number of rotatable bonds is 7. The van der Waals surface area contributed by atoms with Gasteiger partial charge in [-0.1, -0.05) is 0 Å². The van der Waals surface area contributed by atoms with E-state index in [-0.39, 0.29) is 30.5 Å². The van der Waals surface area contributed by atoms with Crippen molar-refractivity contribution in [2.45, 2.75) is 51.8 Å². The third-order valence-electron chi connectivity index (χ3n) is 3.65. The quantitative estimate of drug-likeness (QED) is 0.697. The smallest absolute Gasteiger partial charge is 0.248 e. The SMILES string of the molecule is CCOC(C)C(NC(=O)CNC)C(=O)N1CCCC1C. The lowest BCUT2D eigenvalue weighted by Gasteiger charge is -2.30. The van der Waals surface area contributed by atoms with Gasteiger partial charge in [0.1, 0.15) is 6.04 Å². The Balaban J connectivity index is 2.74. The minimum Gasteiger partial charge on any atom is -0.376 e. The number of ether oxygens (including phenoxy) is 1. The van der Waals surface area contributed by atoms with Gasteiger partial charge in [0.05, 0.1) is 12.6 Å². The normalized spacial score (nSPS) is 21.6. The Labute approximate surface area is 121 Å². The fourth-order valence-electron chi connectivity index (χ4n) is 2.56. The monoisotopic (exact) mass is 285 g/mol. The summed E-state index contributed by atoms with van der Waals surface area (Å²) in [5, 5.41) is 5.57. The van der Waals surface area contributed by atoms with Gasteiger partial charge in [-0.25, -0.2) is 0 Å². The molecule has 1 aliphatic heterocycles. The van der Waals surface area contributed by atoms with Crippen molar-refractivity contribution in [3.63, 3.8) is 0 Å². The van der Waals surface area contributed by atoms with Gasteiger partial charge in [0.25, 0.3) is 0 Å². The van der Waals surface area contributed by atoms with Gasteiger partial charge in [-0.15, -0.1) is 0 Å². The number of carbonyl (C=O) groups is 2. The summed E-state index contributed by atoms with van der Waals surface area (Å²) in [5.41, 5.74) is 0. The maximum absolute atomic E-state index is 12.6. The fourth-order valence-corrected chi connectivity index (χ4v) is 2.56. The van der Waals surface area contributed by atoms with E-state index in [4.69, 9.17) is 4.74 Å². The molecule has 0 spiro atoms. The zero-order valence-corrected chi connectivity index (χ0v) is 12.9. The first-order chi connectivity index (χ1) is 9.51. The molecule has 0 saturated carbocycles. The third kappa shape index (κ3) is 4.45. The molecule has 0 aromatic carbocycles. The van der Waals surface area contributed by atoms with Gasteiger partial charge >= 0.3 is 0 Å². The van der Waals surface area contributed by atoms with Gasteiger partial charge in [0.2, 0.25) is 11.8 Å². The van der Waals surface area contributed by atoms with Crippen LogP contribution in [0.4, 0.5) is 0 Å². The molecule has 6 heteroatoms. The van der Waals surface area contributed by atoms with E-state index >= 15 is 0 Å². The average molecular weight is 285 g/mol. The summed E-state index contributed by atoms with van der Waals surface area (Å²) in [5.74, 6) is -0.232. The van der Waals surface area contributed by atoms with Crippen molar-refractivity contribution in [1.82, 2.24) is 15.5 Å². The van der Waals surface area contributed by atoms with Crippen LogP contribution in [0.2, 0.25) is 0 Å². The fraction of sp³-hybridized carbons (Fsp3) is 0.857. The Morgan fingerprint density at radius 3 is 2.65 bits per heavy atom. The van der Waals surface area contributed by atoms with Crippen LogP contribution in [0.3, 0.4) is 0 Å². The number of likely N-dealkylation sites (tertiary alicyclic amines) is 1. The zero-order valence-electron chi connectivity index (χ0n) is 12.9. The molecule has 3 unspecified atom stereocenters. The number of hydrogen-bond acceptors (Lipinski definition) is 4. The predicted molar refractivity (Wildman–Crippen MR) is 77.4 cm³/mol. The van der Waals surface area contributed by atoms with Crippen molar-refractivity contribution < 1.29 is 14.3 Å². The highest BCUT2D eigenvalue weighted by Gasteiger charge is 2.34. The standard InChI is InChI=1S/C14H27N3O3/c1-5-20-11(3)13(16-12(18)9-15-4)14(19)17-8-6-7-10(17)2/h10-11,13,15H,5-9H2,1-4H3,(H,16,18). The lowest BCUT2D eigenvalue weighted by atomic mass is 10.1. The second-order valence-corrected chi connectivity index (χ2v) is 5.26. The van der Waals surface area contributed by atoms with E-state index in [1.54, 1.807) is 7.05 Å². The van der Waals surface area contributed by atoms with Crippen LogP contribution in [0.1, 0.15) is 33.6 Å². The molecule has 116 valence electrons. The maximum Gasteiger partial charge on any atom is 0.248 e. The van der Waals surface area contributed by atoms with Crippen LogP contribution in [0.5, 0.6) is 0 Å². The van der Waals surface area contributed by atoms with Gasteiger partial charge in [-0.05, 0) is 40.7 Å². The van der Waals surface area contributed by atoms with Crippen molar-refractivity contribution in [2.75, 3.05) is 26.7 Å². The summed E-state index contributed by atoms with van der Waals surface area (Å²) in [6.45, 7) is 7.22. The summed E-state index contributed by atoms with van der Waals surface area (Å²) >= 11 is 0. The largest absolute Gasteiger partial charge is 0.376 e. The number of nitrogens with zero attached hydrogens (tertiary/aromatic N) is 1. The highest BCUT2D eigenvalue weighted by molar-refractivity contribution is 5.89. The molecule has 2 N–H and O–H groups in total. The first-order valence-electron chi connectivity index (χ1n) is 7.37. The van der Waals surface area contributed by atoms with Gasteiger partial charge in [-0.2, -0.15) is 0 Å². The maximum atomic E-state index is 12.6. The zero-order chi connectivity index (χ0) is 15.1. The molecular formula is C14H27N3O3. The first-order valence-corrected chi connectivity index (χ1v) is 7.37. The number of hydrogen-bond donors (Lipinski definition) is 2. The number of likely N-dealkylation sites (N-methyl/N-ethyl adjacent to an activating group) is 1. The Morgan fingerprint density at radius 2 is 2.15 bits per heavy atom. The molecule has 6 nitrogen and oxygen atoms in total. The molecule has 0 aliphatic carbocycles. The second-order valence-electron chi connectivity index (χ2n) is 5.26. The van der Waals surface area contributed by atoms with Crippen molar-refractivity contribution in [3.05, 3.63) is 0 Å². The third-order valence-corrected chi connectivity index (χ3v) is 3.65. The van der Waals surface area contributed by atoms with Gasteiger partial charge in [-0.3, -0.25) is 9.59 Å². The minimum atomic E-state index is -0.614. The summed E-state index contributed by atoms with van der Waals surface area (Å²) in [6, 6.07) is -0.378. The van der Waals surface area contributed by atoms with E-state index < -0.39 is 6.04 Å². The van der Waals surface area contributed by atoms with Crippen molar-refractivity contribution in [3.8, 4) is 0 Å². The van der Waals surface area contributed by atoms with Crippen molar-refractivity contribution in [1.29, 1.82) is 0 Å². The van der Waals surface area contributed by atoms with Crippen LogP contribution < -0.4 is 10.6 Å². The summed E-state index contributed by atoms with van der Waals surface area (Å²) in [7, 11) is 1.70. The van der Waals surface area contributed by atoms with E-state index in [0.717, 1.165) is 19.4 Å². The van der Waals surface area contributed by atoms with Gasteiger partial charge in [0.15, 0.2) is 0 Å². The molecule has 0 bridgehead atoms. The van der Waals surface area contributed by atoms with Crippen LogP contribution in [0.15, 0.2) is 0 Å². The Morgan fingerprint density at radius 1 is 1.45 bits per heavy atom. The van der Waals surface area contributed by atoms with Crippen LogP contribution in [0, 0.1) is 0 Å². The molecule has 1 heterocycles. The molecule has 1 aliphatic rings. The van der Waals surface area contributed by atoms with Gasteiger partial charge in [0, 0.05) is 19.2 Å². The molecule has 3 atom stereocenters. The first kappa shape index (κ1) is 16.9. The molecule has 1 saturated heterocycles. The number of amides is 2. The van der Waals surface area contributed by atoms with Crippen LogP contribution in [-0.4, -0.2) is 61.6 Å². The van der Waals surface area contributed by atoms with Crippen LogP contribution >= 0.6 is 0 Å². The van der Waals surface area contributed by atoms with E-state index in [0.29, 0.717) is 6.61 Å². The molecule has 1 fully saturated rings. The minimum absolute atomic E-state index is 0.0413. The Hall–Kier alpha value is -1.14. The molecule has 2 amide bonds. The Kier molecular flexibility index (Phi) is 6.95. The van der Waals surface area contributed by atoms with Crippen LogP contribution in [-0.2, 0) is 14.3 Å². The highest BCUT2D eigenvalue weighted by Crippen LogP contribution is 2.18. The second kappa shape index (κ2) is 8.21. The molecule has 20 heavy (non-hydrogen) atoms. The van der Waals surface area contributed by atoms with Gasteiger partial charge < -0.3 is 20.3 Å². The lowest BCUT2D eigenvalue weighted by Crippen LogP contribution is -2.56. The number of nitrogens with one attached hydrogen (secondary N) is 2. The molecule has 0 radical (unpaired) electrons. The summed E-state index contributed by atoms with van der Waals surface area (Å²) in [6.07, 6.45) is 1.71. The number of carbonyl (C=O) groups excluding carboxylic acids is 2. The highest BCUT2D eigenvalue weighted by atomic mass is 16.5. The van der Waals surface area contributed by atoms with Crippen molar-refractivity contribution in [2.24, 2.45) is 0 Å². The van der Waals surface area contributed by atoms with E-state index in [1.165, 1.54) is 0 Å². The molecule has 1 rings (SSSR count). The van der Waals surface area contributed by atoms with E-state index in [9.17, 15) is 9.59 Å². The van der Waals surface area contributed by atoms with E-state index in [1.807, 2.05) is 25.7 Å². The van der Waals surface area contributed by atoms with E-state index in [2.05, 4.69) is 10.6 Å². The lowest BCUT2D eigenvalue weighted by molar-refractivity contribution is -0.140. The summed E-state index contributed by atoms with van der Waals surface area (Å²) < 4.78 is 5.52. The predicted octanol–water partition coefficient (Wildman–Crippen LogP) is 0.127. The Bertz CT molecular complexity index is 336. The average Bonchev–Trinajstić information content (AvgIpc) is 2.82. The molecule has 0 aromatic heterocycles. The summed E-state index contributed by atoms with van der Waals surface area (Å²) in [4.78, 5) is 26.2. The van der Waals surface area contributed by atoms with Crippen LogP contribution in [0.25, 0.3) is 0 Å².